The van der Waals surface area contributed by atoms with Crippen LogP contribution in [0.15, 0.2) is 11.1 Å². The SMILES string of the molecule is Nc1nc2c(ncn2C[C@H]2O[C@@H](COP(=O)(O)P(=O)(O)P(=O)(O)O)[C@H](O)[C@@H]2O)c(=O)[nH]1. The predicted octanol–water partition coefficient (Wildman–Crippen LogP) is -2.33. The summed E-state index contributed by atoms with van der Waals surface area (Å²) in [5.41, 5.74) is 4.86. The van der Waals surface area contributed by atoms with E-state index >= 15 is 0 Å². The van der Waals surface area contributed by atoms with Gasteiger partial charge in [-0.25, -0.2) is 14.1 Å². The van der Waals surface area contributed by atoms with Crippen LogP contribution in [-0.4, -0.2) is 80.3 Å². The van der Waals surface area contributed by atoms with E-state index in [1.54, 1.807) is 0 Å². The lowest BCUT2D eigenvalue weighted by Crippen LogP contribution is -2.35. The third-order valence-electron chi connectivity index (χ3n) is 4.41. The Labute approximate surface area is 171 Å². The molecule has 174 valence electrons. The summed E-state index contributed by atoms with van der Waals surface area (Å²) >= 11 is 0. The molecule has 1 aliphatic rings. The molecule has 0 aromatic carbocycles. The number of aliphatic hydroxyl groups is 2. The van der Waals surface area contributed by atoms with Gasteiger partial charge in [0.1, 0.15) is 24.4 Å². The molecule has 0 spiro atoms. The second-order valence-corrected chi connectivity index (χ2v) is 17.1. The van der Waals surface area contributed by atoms with Crippen molar-refractivity contribution in [3.05, 3.63) is 16.7 Å². The minimum Gasteiger partial charge on any atom is -0.388 e. The largest absolute Gasteiger partial charge is 0.422 e. The van der Waals surface area contributed by atoms with Gasteiger partial charge >= 0.3 is 21.3 Å². The maximum Gasteiger partial charge on any atom is 0.422 e. The topological polar surface area (TPSA) is 281 Å². The highest BCUT2D eigenvalue weighted by atomic mass is 32.5. The number of hydrogen-bond acceptors (Lipinski definition) is 11. The summed E-state index contributed by atoms with van der Waals surface area (Å²) in [5, 5.41) is 20.3. The number of hydrogen-bond donors (Lipinski definition) is 8. The van der Waals surface area contributed by atoms with Crippen molar-refractivity contribution in [2.45, 2.75) is 31.0 Å². The molecule has 1 saturated heterocycles. The van der Waals surface area contributed by atoms with E-state index in [9.17, 15) is 38.5 Å². The summed E-state index contributed by atoms with van der Waals surface area (Å²) in [5.74, 6) is -0.198. The van der Waals surface area contributed by atoms with Crippen LogP contribution in [0.4, 0.5) is 5.95 Å². The number of fused-ring (bicyclic) bond motifs is 1. The number of aromatic amines is 1. The van der Waals surface area contributed by atoms with E-state index < -0.39 is 57.9 Å². The van der Waals surface area contributed by atoms with Crippen LogP contribution in [0.1, 0.15) is 0 Å². The molecule has 0 radical (unpaired) electrons. The van der Waals surface area contributed by atoms with Gasteiger partial charge in [-0.1, -0.05) is 0 Å². The van der Waals surface area contributed by atoms with E-state index in [2.05, 4.69) is 19.5 Å². The number of nitrogens with two attached hydrogens (primary N) is 1. The van der Waals surface area contributed by atoms with Crippen LogP contribution >= 0.6 is 21.3 Å². The first kappa shape index (κ1) is 24.2. The first-order chi connectivity index (χ1) is 14.2. The highest BCUT2D eigenvalue weighted by molar-refractivity contribution is 8.60. The van der Waals surface area contributed by atoms with Crippen LogP contribution in [0.25, 0.3) is 11.2 Å². The molecule has 3 rings (SSSR count). The van der Waals surface area contributed by atoms with Crippen molar-refractivity contribution < 1.29 is 52.7 Å². The molecule has 2 aromatic heterocycles. The van der Waals surface area contributed by atoms with E-state index in [0.29, 0.717) is 0 Å². The van der Waals surface area contributed by atoms with Crippen molar-refractivity contribution in [1.29, 1.82) is 0 Å². The molecule has 17 nitrogen and oxygen atoms in total. The van der Waals surface area contributed by atoms with Crippen molar-refractivity contribution in [3.63, 3.8) is 0 Å². The van der Waals surface area contributed by atoms with E-state index in [0.717, 1.165) is 0 Å². The number of nitrogens with one attached hydrogen (secondary N) is 1. The zero-order chi connectivity index (χ0) is 23.4. The summed E-state index contributed by atoms with van der Waals surface area (Å²) in [6.45, 7) is -7.24. The van der Waals surface area contributed by atoms with Gasteiger partial charge in [0, 0.05) is 0 Å². The van der Waals surface area contributed by atoms with Crippen LogP contribution in [-0.2, 0) is 29.5 Å². The number of anilines is 1. The lowest BCUT2D eigenvalue weighted by molar-refractivity contribution is -0.0218. The van der Waals surface area contributed by atoms with Gasteiger partial charge < -0.3 is 44.8 Å². The van der Waals surface area contributed by atoms with Crippen LogP contribution in [0.2, 0.25) is 0 Å². The Hall–Kier alpha value is -1.48. The predicted molar refractivity (Wildman–Crippen MR) is 101 cm³/mol. The first-order valence-electron chi connectivity index (χ1n) is 8.24. The van der Waals surface area contributed by atoms with Gasteiger partial charge in [0.2, 0.25) is 5.95 Å². The van der Waals surface area contributed by atoms with Gasteiger partial charge in [-0.15, -0.1) is 0 Å². The van der Waals surface area contributed by atoms with Gasteiger partial charge in [0.05, 0.1) is 19.5 Å². The molecule has 0 amide bonds. The molecule has 6 atom stereocenters. The molecular formula is C11H18N5O12P3. The Bertz CT molecular complexity index is 1190. The van der Waals surface area contributed by atoms with Gasteiger partial charge in [-0.2, -0.15) is 4.98 Å². The minimum atomic E-state index is -5.98. The number of aliphatic hydroxyl groups excluding tert-OH is 2. The normalized spacial score (nSPS) is 28.5. The fourth-order valence-corrected chi connectivity index (χ4v) is 8.24. The van der Waals surface area contributed by atoms with Crippen molar-refractivity contribution >= 4 is 38.4 Å². The Morgan fingerprint density at radius 1 is 1.16 bits per heavy atom. The van der Waals surface area contributed by atoms with Crippen LogP contribution < -0.4 is 11.3 Å². The van der Waals surface area contributed by atoms with Crippen molar-refractivity contribution in [2.75, 3.05) is 12.3 Å². The van der Waals surface area contributed by atoms with E-state index in [-0.39, 0.29) is 23.7 Å². The maximum atomic E-state index is 11.8. The number of aromatic nitrogens is 4. The maximum absolute atomic E-state index is 11.8. The molecular weight excluding hydrogens is 487 g/mol. The summed E-state index contributed by atoms with van der Waals surface area (Å²) < 4.78 is 45.4. The number of ether oxygens (including phenoxy) is 1. The number of nitrogens with zero attached hydrogens (tertiary/aromatic N) is 3. The highest BCUT2D eigenvalue weighted by Crippen LogP contribution is 2.94. The fraction of sp³-hybridized carbons (Fsp3) is 0.545. The van der Waals surface area contributed by atoms with Gasteiger partial charge in [0.25, 0.3) is 5.56 Å². The minimum absolute atomic E-state index is 0.0500. The Balaban J connectivity index is 1.74. The van der Waals surface area contributed by atoms with E-state index in [4.69, 9.17) is 20.3 Å². The quantitative estimate of drug-likeness (QED) is 0.183. The third-order valence-corrected chi connectivity index (χ3v) is 14.7. The van der Waals surface area contributed by atoms with Gasteiger partial charge in [0.15, 0.2) is 11.2 Å². The lowest BCUT2D eigenvalue weighted by Gasteiger charge is -2.21. The number of rotatable bonds is 7. The van der Waals surface area contributed by atoms with Crippen molar-refractivity contribution in [2.24, 2.45) is 0 Å². The summed E-state index contributed by atoms with van der Waals surface area (Å²) in [6, 6.07) is 0. The summed E-state index contributed by atoms with van der Waals surface area (Å²) in [6.07, 6.45) is -4.76. The second-order valence-electron chi connectivity index (χ2n) is 6.53. The summed E-state index contributed by atoms with van der Waals surface area (Å²) in [7, 11) is -11.6. The molecule has 31 heavy (non-hydrogen) atoms. The van der Waals surface area contributed by atoms with Crippen molar-refractivity contribution in [1.82, 2.24) is 19.5 Å². The average Bonchev–Trinajstić information content (AvgIpc) is 3.15. The van der Waals surface area contributed by atoms with Gasteiger partial charge in [-0.05, 0) is 0 Å². The van der Waals surface area contributed by atoms with E-state index in [1.807, 2.05) is 0 Å². The molecule has 9 N–H and O–H groups in total. The molecule has 2 aromatic rings. The Kier molecular flexibility index (Phi) is 6.34. The summed E-state index contributed by atoms with van der Waals surface area (Å²) in [4.78, 5) is 58.2. The molecule has 3 heterocycles. The number of imidazole rings is 1. The molecule has 0 bridgehead atoms. The van der Waals surface area contributed by atoms with Gasteiger partial charge in [-0.3, -0.25) is 18.9 Å². The molecule has 2 unspecified atom stereocenters. The monoisotopic (exact) mass is 505 g/mol. The smallest absolute Gasteiger partial charge is 0.388 e. The molecule has 1 aliphatic heterocycles. The highest BCUT2D eigenvalue weighted by Gasteiger charge is 2.58. The molecule has 0 saturated carbocycles. The average molecular weight is 505 g/mol. The molecule has 20 heteroatoms. The molecule has 1 fully saturated rings. The second kappa shape index (κ2) is 8.14. The zero-order valence-corrected chi connectivity index (χ0v) is 17.9. The first-order valence-corrected chi connectivity index (χ1v) is 14.5. The fourth-order valence-electron chi connectivity index (χ4n) is 2.81. The Morgan fingerprint density at radius 3 is 2.39 bits per heavy atom. The van der Waals surface area contributed by atoms with Crippen LogP contribution in [0, 0.1) is 0 Å². The van der Waals surface area contributed by atoms with Crippen molar-refractivity contribution in [3.8, 4) is 0 Å². The standard InChI is InChI=1S/C11H18N5O12P3/c12-11-14-9-6(10(19)15-11)13-3-16(9)1-4-7(17)8(18)5(28-4)2-27-30(23,24)31(25,26)29(20,21)22/h3-5,7-8,17-18H,1-2H2,(H,23,24)(H,25,26)(H2,20,21,22)(H3,12,14,15,19)/t4-,5+,7-,8+/m1/s1. The number of H-pyrrole nitrogens is 1. The van der Waals surface area contributed by atoms with E-state index in [1.165, 1.54) is 10.9 Å². The lowest BCUT2D eigenvalue weighted by atomic mass is 10.1. The number of nitrogen functional groups attached to an aromatic ring is 1. The van der Waals surface area contributed by atoms with Crippen LogP contribution in [0.3, 0.4) is 0 Å². The molecule has 0 aliphatic carbocycles. The third kappa shape index (κ3) is 4.40. The Morgan fingerprint density at radius 2 is 1.77 bits per heavy atom. The zero-order valence-electron chi connectivity index (χ0n) is 15.2. The van der Waals surface area contributed by atoms with Crippen LogP contribution in [0.5, 0.6) is 0 Å².